The van der Waals surface area contributed by atoms with E-state index in [-0.39, 0.29) is 0 Å². The SMILES string of the molecule is CCc1nc([NH+](CC)CC)c2oc3ccccc3c2n1. The average molecular weight is 270 g/mol. The Kier molecular flexibility index (Phi) is 3.40. The van der Waals surface area contributed by atoms with Gasteiger partial charge in [0.2, 0.25) is 5.58 Å². The molecule has 104 valence electrons. The maximum absolute atomic E-state index is 6.02. The molecule has 0 bridgehead atoms. The first-order valence-corrected chi connectivity index (χ1v) is 7.31. The van der Waals surface area contributed by atoms with Crippen LogP contribution >= 0.6 is 0 Å². The zero-order chi connectivity index (χ0) is 14.1. The summed E-state index contributed by atoms with van der Waals surface area (Å²) in [6, 6.07) is 8.07. The molecule has 0 amide bonds. The van der Waals surface area contributed by atoms with Crippen molar-refractivity contribution in [1.29, 1.82) is 0 Å². The number of nitrogens with one attached hydrogen (secondary N) is 1. The van der Waals surface area contributed by atoms with Crippen LogP contribution in [0.15, 0.2) is 28.7 Å². The number of benzene rings is 1. The van der Waals surface area contributed by atoms with E-state index in [1.807, 2.05) is 18.2 Å². The third-order valence-corrected chi connectivity index (χ3v) is 3.77. The molecule has 0 radical (unpaired) electrons. The van der Waals surface area contributed by atoms with Gasteiger partial charge in [-0.05, 0) is 26.0 Å². The quantitative estimate of drug-likeness (QED) is 0.792. The highest BCUT2D eigenvalue weighted by Gasteiger charge is 2.21. The van der Waals surface area contributed by atoms with Gasteiger partial charge in [0.05, 0.1) is 13.1 Å². The van der Waals surface area contributed by atoms with Crippen molar-refractivity contribution in [3.8, 4) is 0 Å². The van der Waals surface area contributed by atoms with Crippen LogP contribution < -0.4 is 4.90 Å². The van der Waals surface area contributed by atoms with Crippen molar-refractivity contribution < 1.29 is 9.32 Å². The fourth-order valence-electron chi connectivity index (χ4n) is 2.62. The number of rotatable bonds is 4. The molecule has 2 heterocycles. The summed E-state index contributed by atoms with van der Waals surface area (Å²) in [5.41, 5.74) is 2.67. The number of aryl methyl sites for hydroxylation is 1. The van der Waals surface area contributed by atoms with Crippen LogP contribution in [0.25, 0.3) is 22.1 Å². The minimum Gasteiger partial charge on any atom is -0.446 e. The maximum atomic E-state index is 6.02. The van der Waals surface area contributed by atoms with Crippen molar-refractivity contribution in [1.82, 2.24) is 9.97 Å². The highest BCUT2D eigenvalue weighted by Crippen LogP contribution is 2.29. The normalized spacial score (nSPS) is 11.8. The second-order valence-corrected chi connectivity index (χ2v) is 4.93. The van der Waals surface area contributed by atoms with Crippen LogP contribution in [0, 0.1) is 0 Å². The lowest BCUT2D eigenvalue weighted by Gasteiger charge is -2.14. The summed E-state index contributed by atoms with van der Waals surface area (Å²) in [5.74, 6) is 1.88. The molecule has 0 saturated heterocycles. The summed E-state index contributed by atoms with van der Waals surface area (Å²) in [4.78, 5) is 10.7. The summed E-state index contributed by atoms with van der Waals surface area (Å²) in [6.07, 6.45) is 0.836. The fourth-order valence-corrected chi connectivity index (χ4v) is 2.62. The first-order valence-electron chi connectivity index (χ1n) is 7.31. The third-order valence-electron chi connectivity index (χ3n) is 3.77. The molecule has 0 aliphatic carbocycles. The summed E-state index contributed by atoms with van der Waals surface area (Å²) < 4.78 is 6.02. The first-order chi connectivity index (χ1) is 9.78. The molecule has 0 fully saturated rings. The monoisotopic (exact) mass is 270 g/mol. The van der Waals surface area contributed by atoms with Gasteiger partial charge in [0.1, 0.15) is 16.9 Å². The predicted octanol–water partition coefficient (Wildman–Crippen LogP) is 2.49. The van der Waals surface area contributed by atoms with E-state index in [1.165, 1.54) is 4.90 Å². The lowest BCUT2D eigenvalue weighted by Crippen LogP contribution is -3.06. The van der Waals surface area contributed by atoms with Gasteiger partial charge in [0, 0.05) is 11.8 Å². The summed E-state index contributed by atoms with van der Waals surface area (Å²) in [6.45, 7) is 8.40. The Balaban J connectivity index is 2.37. The predicted molar refractivity (Wildman–Crippen MR) is 80.4 cm³/mol. The molecular formula is C16H20N3O+. The number of fused-ring (bicyclic) bond motifs is 3. The summed E-state index contributed by atoms with van der Waals surface area (Å²) >= 11 is 0. The number of para-hydroxylation sites is 1. The third kappa shape index (κ3) is 1.96. The Bertz CT molecular complexity index is 744. The number of furan rings is 1. The van der Waals surface area contributed by atoms with Gasteiger partial charge < -0.3 is 4.42 Å². The van der Waals surface area contributed by atoms with Gasteiger partial charge in [-0.3, -0.25) is 4.90 Å². The zero-order valence-corrected chi connectivity index (χ0v) is 12.2. The largest absolute Gasteiger partial charge is 0.446 e. The number of aromatic nitrogens is 2. The molecular weight excluding hydrogens is 250 g/mol. The van der Waals surface area contributed by atoms with Crippen molar-refractivity contribution in [2.24, 2.45) is 0 Å². The summed E-state index contributed by atoms with van der Waals surface area (Å²) in [5, 5.41) is 1.08. The Morgan fingerprint density at radius 2 is 1.80 bits per heavy atom. The van der Waals surface area contributed by atoms with Gasteiger partial charge in [-0.2, -0.15) is 4.98 Å². The molecule has 0 saturated carbocycles. The molecule has 0 spiro atoms. The van der Waals surface area contributed by atoms with Crippen LogP contribution in [-0.2, 0) is 6.42 Å². The van der Waals surface area contributed by atoms with E-state index >= 15 is 0 Å². The molecule has 2 aromatic heterocycles. The molecule has 3 aromatic rings. The second-order valence-electron chi connectivity index (χ2n) is 4.93. The topological polar surface area (TPSA) is 43.4 Å². The van der Waals surface area contributed by atoms with E-state index in [0.717, 1.165) is 53.2 Å². The Hall–Kier alpha value is -1.94. The Labute approximate surface area is 118 Å². The smallest absolute Gasteiger partial charge is 0.273 e. The minimum absolute atomic E-state index is 0.835. The van der Waals surface area contributed by atoms with E-state index in [0.29, 0.717) is 0 Å². The molecule has 0 unspecified atom stereocenters. The van der Waals surface area contributed by atoms with Crippen LogP contribution in [-0.4, -0.2) is 23.1 Å². The average Bonchev–Trinajstić information content (AvgIpc) is 2.87. The standard InChI is InChI=1S/C16H19N3O/c1-4-13-17-14-11-9-7-8-10-12(11)20-15(14)16(18-13)19(5-2)6-3/h7-10H,4-6H2,1-3H3/p+1. The van der Waals surface area contributed by atoms with Crippen molar-refractivity contribution in [2.75, 3.05) is 13.1 Å². The minimum atomic E-state index is 0.835. The van der Waals surface area contributed by atoms with Crippen molar-refractivity contribution in [3.05, 3.63) is 30.1 Å². The van der Waals surface area contributed by atoms with E-state index in [4.69, 9.17) is 9.40 Å². The lowest BCUT2D eigenvalue weighted by molar-refractivity contribution is -0.830. The molecule has 1 N–H and O–H groups in total. The molecule has 3 rings (SSSR count). The molecule has 0 atom stereocenters. The van der Waals surface area contributed by atoms with Gasteiger partial charge in [0.15, 0.2) is 0 Å². The first kappa shape index (κ1) is 13.1. The second kappa shape index (κ2) is 5.21. The van der Waals surface area contributed by atoms with Gasteiger partial charge >= 0.3 is 0 Å². The van der Waals surface area contributed by atoms with Crippen LogP contribution in [0.3, 0.4) is 0 Å². The molecule has 1 aromatic carbocycles. The van der Waals surface area contributed by atoms with Gasteiger partial charge in [-0.25, -0.2) is 4.98 Å². The maximum Gasteiger partial charge on any atom is 0.273 e. The zero-order valence-electron chi connectivity index (χ0n) is 12.2. The number of hydrogen-bond donors (Lipinski definition) is 1. The highest BCUT2D eigenvalue weighted by atomic mass is 16.3. The van der Waals surface area contributed by atoms with Crippen molar-refractivity contribution in [3.63, 3.8) is 0 Å². The van der Waals surface area contributed by atoms with Crippen molar-refractivity contribution in [2.45, 2.75) is 27.2 Å². The molecule has 4 nitrogen and oxygen atoms in total. The van der Waals surface area contributed by atoms with Crippen LogP contribution in [0.1, 0.15) is 26.6 Å². The highest BCUT2D eigenvalue weighted by molar-refractivity contribution is 6.04. The van der Waals surface area contributed by atoms with Crippen LogP contribution in [0.2, 0.25) is 0 Å². The van der Waals surface area contributed by atoms with Gasteiger partial charge in [-0.1, -0.05) is 19.1 Å². The van der Waals surface area contributed by atoms with Crippen LogP contribution in [0.5, 0.6) is 0 Å². The van der Waals surface area contributed by atoms with E-state index in [9.17, 15) is 0 Å². The van der Waals surface area contributed by atoms with E-state index in [2.05, 4.69) is 31.8 Å². The number of nitrogens with zero attached hydrogens (tertiary/aromatic N) is 2. The lowest BCUT2D eigenvalue weighted by atomic mass is 10.2. The number of hydrogen-bond acceptors (Lipinski definition) is 3. The van der Waals surface area contributed by atoms with Gasteiger partial charge in [0.25, 0.3) is 5.82 Å². The summed E-state index contributed by atoms with van der Waals surface area (Å²) in [7, 11) is 0. The van der Waals surface area contributed by atoms with E-state index in [1.54, 1.807) is 0 Å². The molecule has 4 heteroatoms. The molecule has 20 heavy (non-hydrogen) atoms. The fraction of sp³-hybridized carbons (Fsp3) is 0.375. The Morgan fingerprint density at radius 1 is 1.05 bits per heavy atom. The molecule has 0 aliphatic heterocycles. The van der Waals surface area contributed by atoms with E-state index < -0.39 is 0 Å². The van der Waals surface area contributed by atoms with Crippen LogP contribution in [0.4, 0.5) is 5.82 Å². The molecule has 0 aliphatic rings. The van der Waals surface area contributed by atoms with Gasteiger partial charge in [-0.15, -0.1) is 0 Å². The Morgan fingerprint density at radius 3 is 2.50 bits per heavy atom. The van der Waals surface area contributed by atoms with Crippen molar-refractivity contribution >= 4 is 27.9 Å². The number of quaternary nitrogens is 1.